The lowest BCUT2D eigenvalue weighted by molar-refractivity contribution is -0.119. The van der Waals surface area contributed by atoms with Crippen LogP contribution in [0.3, 0.4) is 0 Å². The van der Waals surface area contributed by atoms with Crippen LogP contribution in [0.25, 0.3) is 0 Å². The summed E-state index contributed by atoms with van der Waals surface area (Å²) in [6.45, 7) is 1.75. The maximum atomic E-state index is 13.4. The molecule has 0 aromatic heterocycles. The van der Waals surface area contributed by atoms with E-state index in [2.05, 4.69) is 42.1 Å². The maximum Gasteiger partial charge on any atom is 0.262 e. The molecule has 8 heteroatoms. The highest BCUT2D eigenvalue weighted by atomic mass is 79.9. The van der Waals surface area contributed by atoms with Gasteiger partial charge in [-0.15, -0.1) is 0 Å². The number of allylic oxidation sites excluding steroid dienone is 4. The number of aryl methyl sites for hydroxylation is 1. The van der Waals surface area contributed by atoms with Crippen LogP contribution in [0, 0.1) is 6.92 Å². The average molecular weight is 628 g/mol. The predicted molar refractivity (Wildman–Crippen MR) is 149 cm³/mol. The van der Waals surface area contributed by atoms with Crippen LogP contribution in [0.4, 0.5) is 5.69 Å². The van der Waals surface area contributed by atoms with Gasteiger partial charge < -0.3 is 15.0 Å². The van der Waals surface area contributed by atoms with E-state index >= 15 is 0 Å². The zero-order chi connectivity index (χ0) is 26.3. The molecule has 37 heavy (non-hydrogen) atoms. The lowest BCUT2D eigenvalue weighted by Crippen LogP contribution is -2.37. The lowest BCUT2D eigenvalue weighted by atomic mass is 9.71. The summed E-state index contributed by atoms with van der Waals surface area (Å²) >= 11 is 7.20. The SMILES string of the molecule is Cc1cccc(NC(=O)COc2c(Br)cc(Br)cc2C2C3=C(CCCC3=O)N(C)C3=C2C(=O)CCC3)c1. The van der Waals surface area contributed by atoms with Crippen molar-refractivity contribution in [3.05, 3.63) is 79.0 Å². The molecule has 2 aromatic rings. The Morgan fingerprint density at radius 2 is 1.65 bits per heavy atom. The Hall–Kier alpha value is -2.71. The molecule has 0 radical (unpaired) electrons. The molecular weight excluding hydrogens is 600 g/mol. The van der Waals surface area contributed by atoms with Crippen molar-refractivity contribution >= 4 is 55.0 Å². The van der Waals surface area contributed by atoms with Gasteiger partial charge in [0.05, 0.1) is 4.47 Å². The number of rotatable bonds is 5. The van der Waals surface area contributed by atoms with E-state index in [4.69, 9.17) is 4.74 Å². The van der Waals surface area contributed by atoms with Crippen molar-refractivity contribution in [2.45, 2.75) is 51.4 Å². The molecule has 0 saturated heterocycles. The Bertz CT molecular complexity index is 1330. The van der Waals surface area contributed by atoms with Crippen molar-refractivity contribution < 1.29 is 19.1 Å². The Balaban J connectivity index is 1.55. The topological polar surface area (TPSA) is 75.7 Å². The third kappa shape index (κ3) is 5.06. The molecule has 1 aliphatic heterocycles. The summed E-state index contributed by atoms with van der Waals surface area (Å²) in [6, 6.07) is 11.3. The standard InChI is InChI=1S/C29H28Br2N2O4/c1-16-6-3-7-18(12-16)32-25(36)15-37-29-19(13-17(30)14-20(29)31)26-27-21(8-4-10-23(27)34)33(2)22-9-5-11-24(35)28(22)26/h3,6-7,12-14,26H,4-5,8-11,15H2,1-2H3,(H,32,36). The van der Waals surface area contributed by atoms with Gasteiger partial charge in [0, 0.05) is 64.1 Å². The van der Waals surface area contributed by atoms with Gasteiger partial charge in [-0.05, 0) is 78.4 Å². The van der Waals surface area contributed by atoms with E-state index in [0.717, 1.165) is 47.1 Å². The van der Waals surface area contributed by atoms with Crippen molar-refractivity contribution in [2.24, 2.45) is 0 Å². The molecule has 5 rings (SSSR count). The molecule has 1 heterocycles. The lowest BCUT2D eigenvalue weighted by Gasteiger charge is -2.42. The normalized spacial score (nSPS) is 18.1. The number of anilines is 1. The van der Waals surface area contributed by atoms with Gasteiger partial charge in [0.25, 0.3) is 5.91 Å². The van der Waals surface area contributed by atoms with E-state index in [0.29, 0.717) is 45.5 Å². The first-order valence-electron chi connectivity index (χ1n) is 12.5. The average Bonchev–Trinajstić information content (AvgIpc) is 2.84. The minimum Gasteiger partial charge on any atom is -0.482 e. The van der Waals surface area contributed by atoms with Crippen molar-refractivity contribution in [1.29, 1.82) is 0 Å². The fourth-order valence-corrected chi connectivity index (χ4v) is 7.04. The summed E-state index contributed by atoms with van der Waals surface area (Å²) in [4.78, 5) is 41.6. The predicted octanol–water partition coefficient (Wildman–Crippen LogP) is 6.58. The number of ether oxygens (including phenoxy) is 1. The second-order valence-electron chi connectivity index (χ2n) is 9.78. The van der Waals surface area contributed by atoms with Crippen LogP contribution in [0.15, 0.2) is 67.9 Å². The summed E-state index contributed by atoms with van der Waals surface area (Å²) < 4.78 is 7.58. The van der Waals surface area contributed by atoms with Gasteiger partial charge >= 0.3 is 0 Å². The van der Waals surface area contributed by atoms with Crippen LogP contribution in [0.1, 0.15) is 55.6 Å². The molecule has 0 saturated carbocycles. The number of nitrogens with one attached hydrogen (secondary N) is 1. The Labute approximate surface area is 233 Å². The number of amides is 1. The highest BCUT2D eigenvalue weighted by molar-refractivity contribution is 9.11. The van der Waals surface area contributed by atoms with E-state index in [1.54, 1.807) is 0 Å². The zero-order valence-electron chi connectivity index (χ0n) is 20.8. The summed E-state index contributed by atoms with van der Waals surface area (Å²) in [5.41, 5.74) is 5.81. The monoisotopic (exact) mass is 626 g/mol. The smallest absolute Gasteiger partial charge is 0.262 e. The minimum atomic E-state index is -0.523. The van der Waals surface area contributed by atoms with Crippen molar-refractivity contribution in [3.63, 3.8) is 0 Å². The number of carbonyl (C=O) groups is 3. The first kappa shape index (κ1) is 25.9. The van der Waals surface area contributed by atoms with Crippen LogP contribution in [0.2, 0.25) is 0 Å². The molecule has 2 aromatic carbocycles. The number of halogens is 2. The first-order valence-corrected chi connectivity index (χ1v) is 14.1. The quantitative estimate of drug-likeness (QED) is 0.405. The van der Waals surface area contributed by atoms with Gasteiger partial charge in [-0.2, -0.15) is 0 Å². The highest BCUT2D eigenvalue weighted by Gasteiger charge is 2.43. The first-order chi connectivity index (χ1) is 17.7. The largest absolute Gasteiger partial charge is 0.482 e. The number of carbonyl (C=O) groups excluding carboxylic acids is 3. The van der Waals surface area contributed by atoms with Crippen molar-refractivity contribution in [2.75, 3.05) is 19.0 Å². The Morgan fingerprint density at radius 1 is 1.00 bits per heavy atom. The van der Waals surface area contributed by atoms with Crippen molar-refractivity contribution in [3.8, 4) is 5.75 Å². The Morgan fingerprint density at radius 3 is 2.27 bits per heavy atom. The van der Waals surface area contributed by atoms with Gasteiger partial charge in [-0.3, -0.25) is 14.4 Å². The van der Waals surface area contributed by atoms with Gasteiger partial charge in [0.1, 0.15) is 5.75 Å². The van der Waals surface area contributed by atoms with Gasteiger partial charge in [-0.1, -0.05) is 28.1 Å². The third-order valence-electron chi connectivity index (χ3n) is 7.24. The Kier molecular flexibility index (Phi) is 7.41. The van der Waals surface area contributed by atoms with Crippen LogP contribution < -0.4 is 10.1 Å². The molecule has 0 unspecified atom stereocenters. The van der Waals surface area contributed by atoms with Crippen LogP contribution in [-0.4, -0.2) is 36.0 Å². The van der Waals surface area contributed by atoms with Crippen LogP contribution in [-0.2, 0) is 14.4 Å². The molecule has 2 aliphatic carbocycles. The molecule has 0 atom stereocenters. The number of nitrogens with zero attached hydrogens (tertiary/aromatic N) is 1. The fourth-order valence-electron chi connectivity index (χ4n) is 5.67. The number of benzene rings is 2. The summed E-state index contributed by atoms with van der Waals surface area (Å²) in [6.07, 6.45) is 4.12. The molecule has 1 N–H and O–H groups in total. The van der Waals surface area contributed by atoms with Gasteiger partial charge in [0.15, 0.2) is 18.2 Å². The molecular formula is C29H28Br2N2O4. The third-order valence-corrected chi connectivity index (χ3v) is 8.29. The summed E-state index contributed by atoms with van der Waals surface area (Å²) in [7, 11) is 1.97. The van der Waals surface area contributed by atoms with Gasteiger partial charge in [-0.25, -0.2) is 0 Å². The van der Waals surface area contributed by atoms with E-state index in [1.165, 1.54) is 0 Å². The molecule has 0 spiro atoms. The molecule has 3 aliphatic rings. The summed E-state index contributed by atoms with van der Waals surface area (Å²) in [5.74, 6) is -0.209. The maximum absolute atomic E-state index is 13.4. The van der Waals surface area contributed by atoms with Crippen LogP contribution in [0.5, 0.6) is 5.75 Å². The van der Waals surface area contributed by atoms with Gasteiger partial charge in [0.2, 0.25) is 0 Å². The van der Waals surface area contributed by atoms with E-state index < -0.39 is 5.92 Å². The molecule has 0 fully saturated rings. The van der Waals surface area contributed by atoms with Crippen molar-refractivity contribution in [1.82, 2.24) is 4.90 Å². The second-order valence-corrected chi connectivity index (χ2v) is 11.5. The van der Waals surface area contributed by atoms with E-state index in [9.17, 15) is 14.4 Å². The number of ketones is 2. The van der Waals surface area contributed by atoms with E-state index in [-0.39, 0.29) is 24.1 Å². The summed E-state index contributed by atoms with van der Waals surface area (Å²) in [5, 5.41) is 2.87. The number of Topliss-reactive ketones (excluding diaryl/α,β-unsaturated/α-hetero) is 2. The highest BCUT2D eigenvalue weighted by Crippen LogP contribution is 2.51. The number of hydrogen-bond donors (Lipinski definition) is 1. The second kappa shape index (κ2) is 10.6. The number of hydrogen-bond acceptors (Lipinski definition) is 5. The molecule has 1 amide bonds. The molecule has 6 nitrogen and oxygen atoms in total. The van der Waals surface area contributed by atoms with Crippen LogP contribution >= 0.6 is 31.9 Å². The zero-order valence-corrected chi connectivity index (χ0v) is 24.0. The molecule has 192 valence electrons. The molecule has 0 bridgehead atoms. The minimum absolute atomic E-state index is 0.0715. The van der Waals surface area contributed by atoms with E-state index in [1.807, 2.05) is 50.4 Å². The fraction of sp³-hybridized carbons (Fsp3) is 0.345.